The van der Waals surface area contributed by atoms with Gasteiger partial charge < -0.3 is 10.2 Å². The minimum Gasteiger partial charge on any atom is -0.311 e. The van der Waals surface area contributed by atoms with Crippen LogP contribution < -0.4 is 5.32 Å². The fourth-order valence-corrected chi connectivity index (χ4v) is 2.98. The van der Waals surface area contributed by atoms with E-state index >= 15 is 0 Å². The van der Waals surface area contributed by atoms with Gasteiger partial charge in [-0.15, -0.1) is 0 Å². The molecule has 0 aliphatic rings. The molecule has 0 fully saturated rings. The summed E-state index contributed by atoms with van der Waals surface area (Å²) in [5.41, 5.74) is 0. The number of pyridine rings is 1. The van der Waals surface area contributed by atoms with Gasteiger partial charge in [-0.3, -0.25) is 4.79 Å². The Kier molecular flexibility index (Phi) is 6.77. The molecule has 0 saturated heterocycles. The quantitative estimate of drug-likeness (QED) is 0.779. The molecule has 0 unspecified atom stereocenters. The molecule has 1 aromatic heterocycles. The van der Waals surface area contributed by atoms with Crippen molar-refractivity contribution in [2.24, 2.45) is 0 Å². The van der Waals surface area contributed by atoms with Crippen molar-refractivity contribution in [1.82, 2.24) is 9.88 Å². The molecule has 118 valence electrons. The molecule has 0 aromatic carbocycles. The summed E-state index contributed by atoms with van der Waals surface area (Å²) in [4.78, 5) is 17.7. The summed E-state index contributed by atoms with van der Waals surface area (Å²) >= 11 is 0. The van der Waals surface area contributed by atoms with Crippen LogP contribution >= 0.6 is 0 Å². The van der Waals surface area contributed by atoms with E-state index in [0.717, 1.165) is 0 Å². The molecule has 0 spiro atoms. The Morgan fingerprint density at radius 1 is 1.43 bits per heavy atom. The van der Waals surface area contributed by atoms with Crippen molar-refractivity contribution in [2.45, 2.75) is 26.3 Å². The van der Waals surface area contributed by atoms with Crippen molar-refractivity contribution in [2.75, 3.05) is 30.4 Å². The molecule has 0 bridgehead atoms. The van der Waals surface area contributed by atoms with Crippen LogP contribution in [-0.4, -0.2) is 55.3 Å². The van der Waals surface area contributed by atoms with Gasteiger partial charge in [-0.05, 0) is 26.1 Å². The molecule has 1 atom stereocenters. The Balaban J connectivity index is 2.38. The zero-order valence-corrected chi connectivity index (χ0v) is 13.6. The average molecular weight is 313 g/mol. The lowest BCUT2D eigenvalue weighted by atomic mass is 10.3. The zero-order valence-electron chi connectivity index (χ0n) is 12.7. The van der Waals surface area contributed by atoms with Gasteiger partial charge >= 0.3 is 0 Å². The smallest absolute Gasteiger partial charge is 0.226 e. The molecule has 21 heavy (non-hydrogen) atoms. The summed E-state index contributed by atoms with van der Waals surface area (Å²) in [6.45, 7) is 3.99. The molecular weight excluding hydrogens is 290 g/mol. The van der Waals surface area contributed by atoms with Crippen LogP contribution in [0.25, 0.3) is 0 Å². The van der Waals surface area contributed by atoms with Crippen LogP contribution in [0.1, 0.15) is 20.3 Å². The Morgan fingerprint density at radius 2 is 2.14 bits per heavy atom. The van der Waals surface area contributed by atoms with E-state index in [9.17, 15) is 13.2 Å². The van der Waals surface area contributed by atoms with Crippen LogP contribution in [0.2, 0.25) is 0 Å². The van der Waals surface area contributed by atoms with E-state index in [-0.39, 0.29) is 23.5 Å². The fraction of sp³-hybridized carbons (Fsp3) is 0.571. The van der Waals surface area contributed by atoms with Crippen LogP contribution in [0.4, 0.5) is 5.82 Å². The Morgan fingerprint density at radius 3 is 2.71 bits per heavy atom. The third kappa shape index (κ3) is 6.68. The maximum atomic E-state index is 11.8. The van der Waals surface area contributed by atoms with Crippen molar-refractivity contribution in [3.05, 3.63) is 24.4 Å². The number of hydrogen-bond acceptors (Lipinski definition) is 5. The third-order valence-electron chi connectivity index (χ3n) is 3.31. The van der Waals surface area contributed by atoms with E-state index in [2.05, 4.69) is 10.3 Å². The van der Waals surface area contributed by atoms with E-state index in [1.165, 1.54) is 0 Å². The number of hydrogen-bond donors (Lipinski definition) is 1. The number of aromatic nitrogens is 1. The van der Waals surface area contributed by atoms with E-state index < -0.39 is 9.84 Å². The third-order valence-corrected chi connectivity index (χ3v) is 5.18. The predicted octanol–water partition coefficient (Wildman–Crippen LogP) is 1.17. The molecule has 1 N–H and O–H groups in total. The number of carbonyl (C=O) groups excluding carboxylic acids is 1. The van der Waals surface area contributed by atoms with Gasteiger partial charge in [-0.2, -0.15) is 0 Å². The number of rotatable bonds is 8. The first-order chi connectivity index (χ1) is 9.84. The second-order valence-electron chi connectivity index (χ2n) is 5.04. The molecule has 0 aliphatic carbocycles. The van der Waals surface area contributed by atoms with E-state index in [1.54, 1.807) is 31.3 Å². The number of sulfone groups is 1. The highest BCUT2D eigenvalue weighted by molar-refractivity contribution is 7.91. The number of amides is 1. The fourth-order valence-electron chi connectivity index (χ4n) is 1.75. The first-order valence-electron chi connectivity index (χ1n) is 6.95. The summed E-state index contributed by atoms with van der Waals surface area (Å²) < 4.78 is 23.2. The summed E-state index contributed by atoms with van der Waals surface area (Å²) in [7, 11) is -1.18. The predicted molar refractivity (Wildman–Crippen MR) is 83.9 cm³/mol. The minimum absolute atomic E-state index is 0.113. The van der Waals surface area contributed by atoms with Crippen molar-refractivity contribution in [3.8, 4) is 0 Å². The number of nitrogens with one attached hydrogen (secondary N) is 1. The van der Waals surface area contributed by atoms with Crippen LogP contribution in [0.15, 0.2) is 24.4 Å². The van der Waals surface area contributed by atoms with Crippen LogP contribution in [-0.2, 0) is 14.6 Å². The molecular formula is C14H23N3O3S. The molecule has 1 rings (SSSR count). The topological polar surface area (TPSA) is 79.4 Å². The number of nitrogens with zero attached hydrogens (tertiary/aromatic N) is 2. The Hall–Kier alpha value is -1.47. The zero-order chi connectivity index (χ0) is 15.9. The molecule has 1 aromatic rings. The second-order valence-corrected chi connectivity index (χ2v) is 7.44. The van der Waals surface area contributed by atoms with Gasteiger partial charge in [0.25, 0.3) is 0 Å². The highest BCUT2D eigenvalue weighted by Crippen LogP contribution is 2.04. The first-order valence-corrected chi connectivity index (χ1v) is 8.77. The van der Waals surface area contributed by atoms with Gasteiger partial charge in [0.15, 0.2) is 9.84 Å². The lowest BCUT2D eigenvalue weighted by Gasteiger charge is -2.24. The van der Waals surface area contributed by atoms with E-state index in [1.807, 2.05) is 18.9 Å². The minimum atomic E-state index is -3.00. The monoisotopic (exact) mass is 313 g/mol. The maximum Gasteiger partial charge on any atom is 0.226 e. The van der Waals surface area contributed by atoms with Crippen LogP contribution in [0.5, 0.6) is 0 Å². The van der Waals surface area contributed by atoms with Crippen molar-refractivity contribution < 1.29 is 13.2 Å². The van der Waals surface area contributed by atoms with Gasteiger partial charge in [-0.25, -0.2) is 13.4 Å². The first kappa shape index (κ1) is 17.6. The highest BCUT2D eigenvalue weighted by atomic mass is 32.2. The second kappa shape index (κ2) is 8.09. The van der Waals surface area contributed by atoms with E-state index in [0.29, 0.717) is 18.8 Å². The van der Waals surface area contributed by atoms with Crippen molar-refractivity contribution in [3.63, 3.8) is 0 Å². The van der Waals surface area contributed by atoms with Gasteiger partial charge in [0.05, 0.1) is 5.75 Å². The molecule has 0 radical (unpaired) electrons. The van der Waals surface area contributed by atoms with Gasteiger partial charge in [0.2, 0.25) is 5.91 Å². The SMILES string of the molecule is CCS(=O)(=O)C[C@@H](C)N(C)CCC(=O)Nc1ccccn1. The van der Waals surface area contributed by atoms with Crippen LogP contribution in [0, 0.1) is 0 Å². The molecule has 1 amide bonds. The summed E-state index contributed by atoms with van der Waals surface area (Å²) in [5, 5.41) is 2.70. The van der Waals surface area contributed by atoms with Crippen molar-refractivity contribution >= 4 is 21.6 Å². The Labute approximate surface area is 126 Å². The maximum absolute atomic E-state index is 11.8. The lowest BCUT2D eigenvalue weighted by molar-refractivity contribution is -0.116. The van der Waals surface area contributed by atoms with Gasteiger partial charge in [-0.1, -0.05) is 13.0 Å². The van der Waals surface area contributed by atoms with Crippen molar-refractivity contribution in [1.29, 1.82) is 0 Å². The largest absolute Gasteiger partial charge is 0.311 e. The summed E-state index contributed by atoms with van der Waals surface area (Å²) in [6.07, 6.45) is 1.91. The molecule has 6 nitrogen and oxygen atoms in total. The summed E-state index contributed by atoms with van der Waals surface area (Å²) in [6, 6.07) is 5.18. The number of anilines is 1. The molecule has 0 aliphatic heterocycles. The lowest BCUT2D eigenvalue weighted by Crippen LogP contribution is -2.37. The average Bonchev–Trinajstić information content (AvgIpc) is 2.45. The molecule has 1 heterocycles. The van der Waals surface area contributed by atoms with Gasteiger partial charge in [0.1, 0.15) is 5.82 Å². The Bertz CT molecular complexity index is 546. The normalized spacial score (nSPS) is 13.1. The number of carbonyl (C=O) groups is 1. The van der Waals surface area contributed by atoms with Gasteiger partial charge in [0, 0.05) is 31.0 Å². The van der Waals surface area contributed by atoms with E-state index in [4.69, 9.17) is 0 Å². The molecule has 0 saturated carbocycles. The standard InChI is InChI=1S/C14H23N3O3S/c1-4-21(19,20)11-12(2)17(3)10-8-14(18)16-13-7-5-6-9-15-13/h5-7,9,12H,4,8,10-11H2,1-3H3,(H,15,16,18)/t12-/m1/s1. The summed E-state index contributed by atoms with van der Waals surface area (Å²) in [5.74, 6) is 0.644. The highest BCUT2D eigenvalue weighted by Gasteiger charge is 2.18. The van der Waals surface area contributed by atoms with Crippen LogP contribution in [0.3, 0.4) is 0 Å². The molecule has 7 heteroatoms.